The highest BCUT2D eigenvalue weighted by atomic mass is 35.5. The molecule has 0 fully saturated rings. The van der Waals surface area contributed by atoms with Crippen molar-refractivity contribution in [2.45, 2.75) is 27.2 Å². The third-order valence-electron chi connectivity index (χ3n) is 3.88. The first-order chi connectivity index (χ1) is 11.6. The van der Waals surface area contributed by atoms with Gasteiger partial charge in [-0.3, -0.25) is 9.59 Å². The highest BCUT2D eigenvalue weighted by molar-refractivity contribution is 6.42. The molecule has 2 aromatic rings. The number of aryl methyl sites for hydroxylation is 1. The molecule has 2 rings (SSSR count). The second-order valence-corrected chi connectivity index (χ2v) is 7.19. The Morgan fingerprint density at radius 2 is 1.92 bits per heavy atom. The molecule has 1 heterocycles. The van der Waals surface area contributed by atoms with Crippen LogP contribution in [0.3, 0.4) is 0 Å². The van der Waals surface area contributed by atoms with Gasteiger partial charge in [-0.2, -0.15) is 5.10 Å². The summed E-state index contributed by atoms with van der Waals surface area (Å²) in [6, 6.07) is 6.74. The molecule has 8 heteroatoms. The zero-order valence-corrected chi connectivity index (χ0v) is 15.6. The van der Waals surface area contributed by atoms with Crippen LogP contribution >= 0.6 is 23.2 Å². The van der Waals surface area contributed by atoms with Gasteiger partial charge >= 0.3 is 5.97 Å². The monoisotopic (exact) mass is 383 g/mol. The number of benzene rings is 1. The maximum absolute atomic E-state index is 12.2. The lowest BCUT2D eigenvalue weighted by Crippen LogP contribution is -2.32. The van der Waals surface area contributed by atoms with Crippen LogP contribution in [0.1, 0.15) is 36.5 Å². The van der Waals surface area contributed by atoms with Crippen LogP contribution in [0.2, 0.25) is 10.0 Å². The van der Waals surface area contributed by atoms with Crippen LogP contribution in [-0.2, 0) is 4.79 Å². The van der Waals surface area contributed by atoms with Gasteiger partial charge in [0.2, 0.25) is 0 Å². The predicted octanol–water partition coefficient (Wildman–Crippen LogP) is 3.72. The third-order valence-corrected chi connectivity index (χ3v) is 4.62. The zero-order chi connectivity index (χ0) is 18.8. The molecule has 0 saturated carbocycles. The smallest absolute Gasteiger partial charge is 0.309 e. The fourth-order valence-corrected chi connectivity index (χ4v) is 2.44. The minimum Gasteiger partial charge on any atom is -0.481 e. The fourth-order valence-electron chi connectivity index (χ4n) is 2.15. The molecule has 0 saturated heterocycles. The Kier molecular flexibility index (Phi) is 5.75. The number of carbonyl (C=O) groups is 2. The van der Waals surface area contributed by atoms with Crippen molar-refractivity contribution in [3.63, 3.8) is 0 Å². The van der Waals surface area contributed by atoms with E-state index in [-0.39, 0.29) is 18.1 Å². The van der Waals surface area contributed by atoms with Crippen LogP contribution in [0, 0.1) is 12.3 Å². The molecule has 0 bridgehead atoms. The summed E-state index contributed by atoms with van der Waals surface area (Å²) < 4.78 is 1.60. The number of carboxylic acid groups (broad SMARTS) is 1. The average Bonchev–Trinajstić information content (AvgIpc) is 2.91. The Morgan fingerprint density at radius 1 is 1.24 bits per heavy atom. The summed E-state index contributed by atoms with van der Waals surface area (Å²) in [4.78, 5) is 23.3. The Morgan fingerprint density at radius 3 is 2.52 bits per heavy atom. The van der Waals surface area contributed by atoms with E-state index < -0.39 is 11.4 Å². The molecular weight excluding hydrogens is 365 g/mol. The van der Waals surface area contributed by atoms with E-state index in [0.717, 1.165) is 5.69 Å². The zero-order valence-electron chi connectivity index (χ0n) is 14.1. The lowest BCUT2D eigenvalue weighted by molar-refractivity contribution is -0.147. The quantitative estimate of drug-likeness (QED) is 0.795. The van der Waals surface area contributed by atoms with Crippen molar-refractivity contribution in [1.29, 1.82) is 0 Å². The fraction of sp³-hybridized carbons (Fsp3) is 0.353. The van der Waals surface area contributed by atoms with Gasteiger partial charge in [0.25, 0.3) is 5.91 Å². The maximum atomic E-state index is 12.2. The number of carbonyl (C=O) groups excluding carboxylic acids is 1. The molecule has 6 nitrogen and oxygen atoms in total. The normalized spacial score (nSPS) is 11.4. The number of amides is 1. The summed E-state index contributed by atoms with van der Waals surface area (Å²) in [7, 11) is 0. The van der Waals surface area contributed by atoms with Crippen LogP contribution in [0.5, 0.6) is 0 Å². The third kappa shape index (κ3) is 4.52. The predicted molar refractivity (Wildman–Crippen MR) is 96.7 cm³/mol. The van der Waals surface area contributed by atoms with Crippen LogP contribution in [0.25, 0.3) is 5.69 Å². The molecule has 1 amide bonds. The highest BCUT2D eigenvalue weighted by Gasteiger charge is 2.26. The lowest BCUT2D eigenvalue weighted by atomic mass is 9.90. The number of halogens is 2. The Balaban J connectivity index is 2.10. The maximum Gasteiger partial charge on any atom is 0.309 e. The van der Waals surface area contributed by atoms with Crippen LogP contribution in [0.15, 0.2) is 24.3 Å². The number of hydrogen-bond acceptors (Lipinski definition) is 3. The SMILES string of the molecule is Cc1cc(C(=O)NCCC(C)(C)C(=O)O)nn1-c1ccc(Cl)c(Cl)c1. The van der Waals surface area contributed by atoms with Crippen molar-refractivity contribution in [2.75, 3.05) is 6.54 Å². The number of hydrogen-bond donors (Lipinski definition) is 2. The Bertz CT molecular complexity index is 815. The van der Waals surface area contributed by atoms with Gasteiger partial charge in [-0.25, -0.2) is 4.68 Å². The van der Waals surface area contributed by atoms with Crippen molar-refractivity contribution < 1.29 is 14.7 Å². The average molecular weight is 384 g/mol. The first-order valence-corrected chi connectivity index (χ1v) is 8.41. The Labute approximate surface area is 155 Å². The minimum absolute atomic E-state index is 0.247. The molecule has 0 unspecified atom stereocenters. The topological polar surface area (TPSA) is 84.2 Å². The number of aromatic nitrogens is 2. The Hall–Kier alpha value is -2.05. The van der Waals surface area contributed by atoms with E-state index >= 15 is 0 Å². The van der Waals surface area contributed by atoms with Gasteiger partial charge < -0.3 is 10.4 Å². The van der Waals surface area contributed by atoms with Gasteiger partial charge in [-0.1, -0.05) is 23.2 Å². The van der Waals surface area contributed by atoms with Crippen LogP contribution in [-0.4, -0.2) is 33.3 Å². The second-order valence-electron chi connectivity index (χ2n) is 6.38. The van der Waals surface area contributed by atoms with Crippen molar-refractivity contribution in [3.05, 3.63) is 45.7 Å². The lowest BCUT2D eigenvalue weighted by Gasteiger charge is -2.18. The second kappa shape index (κ2) is 7.45. The summed E-state index contributed by atoms with van der Waals surface area (Å²) in [5.74, 6) is -1.26. The van der Waals surface area contributed by atoms with E-state index in [1.54, 1.807) is 42.8 Å². The minimum atomic E-state index is -0.901. The van der Waals surface area contributed by atoms with Gasteiger partial charge in [-0.05, 0) is 51.5 Å². The van der Waals surface area contributed by atoms with Gasteiger partial charge in [0.15, 0.2) is 5.69 Å². The van der Waals surface area contributed by atoms with E-state index in [1.165, 1.54) is 0 Å². The first kappa shape index (κ1) is 19.3. The highest BCUT2D eigenvalue weighted by Crippen LogP contribution is 2.25. The van der Waals surface area contributed by atoms with E-state index in [2.05, 4.69) is 10.4 Å². The molecule has 0 aliphatic rings. The van der Waals surface area contributed by atoms with Crippen LogP contribution in [0.4, 0.5) is 0 Å². The van der Waals surface area contributed by atoms with Gasteiger partial charge in [0, 0.05) is 12.2 Å². The summed E-state index contributed by atoms with van der Waals surface area (Å²) >= 11 is 11.9. The molecule has 1 aromatic carbocycles. The standard InChI is InChI=1S/C17H19Cl2N3O3/c1-10-8-14(15(23)20-7-6-17(2,3)16(24)25)21-22(10)11-4-5-12(18)13(19)9-11/h4-5,8-9H,6-7H2,1-3H3,(H,20,23)(H,24,25). The van der Waals surface area contributed by atoms with E-state index in [0.29, 0.717) is 22.2 Å². The molecule has 0 spiro atoms. The van der Waals surface area contributed by atoms with Crippen LogP contribution < -0.4 is 5.32 Å². The van der Waals surface area contributed by atoms with Crippen molar-refractivity contribution >= 4 is 35.1 Å². The van der Waals surface area contributed by atoms with Crippen molar-refractivity contribution in [3.8, 4) is 5.69 Å². The van der Waals surface area contributed by atoms with Gasteiger partial charge in [-0.15, -0.1) is 0 Å². The van der Waals surface area contributed by atoms with Crippen molar-refractivity contribution in [2.24, 2.45) is 5.41 Å². The molecule has 25 heavy (non-hydrogen) atoms. The number of aliphatic carboxylic acids is 1. The summed E-state index contributed by atoms with van der Waals surface area (Å²) in [6.07, 6.45) is 0.320. The molecule has 2 N–H and O–H groups in total. The molecule has 1 aromatic heterocycles. The molecule has 0 radical (unpaired) electrons. The summed E-state index contributed by atoms with van der Waals surface area (Å²) in [5, 5.41) is 16.9. The van der Waals surface area contributed by atoms with Crippen molar-refractivity contribution in [1.82, 2.24) is 15.1 Å². The molecule has 134 valence electrons. The first-order valence-electron chi connectivity index (χ1n) is 7.65. The summed E-state index contributed by atoms with van der Waals surface area (Å²) in [5.41, 5.74) is 0.798. The van der Waals surface area contributed by atoms with Gasteiger partial charge in [0.05, 0.1) is 21.1 Å². The molecule has 0 atom stereocenters. The van der Waals surface area contributed by atoms with E-state index in [1.807, 2.05) is 6.92 Å². The molecule has 0 aliphatic carbocycles. The van der Waals surface area contributed by atoms with E-state index in [9.17, 15) is 9.59 Å². The largest absolute Gasteiger partial charge is 0.481 e. The number of nitrogens with one attached hydrogen (secondary N) is 1. The molecular formula is C17H19Cl2N3O3. The summed E-state index contributed by atoms with van der Waals surface area (Å²) in [6.45, 7) is 5.30. The van der Waals surface area contributed by atoms with E-state index in [4.69, 9.17) is 28.3 Å². The van der Waals surface area contributed by atoms with Gasteiger partial charge in [0.1, 0.15) is 0 Å². The number of nitrogens with zero attached hydrogens (tertiary/aromatic N) is 2. The number of carboxylic acids is 1. The molecule has 0 aliphatic heterocycles. The number of rotatable bonds is 6.